The fourth-order valence-electron chi connectivity index (χ4n) is 2.72. The van der Waals surface area contributed by atoms with Gasteiger partial charge in [-0.25, -0.2) is 4.98 Å². The smallest absolute Gasteiger partial charge is 0.146 e. The molecule has 0 radical (unpaired) electrons. The Balaban J connectivity index is 2.51. The Hall–Kier alpha value is -1.22. The van der Waals surface area contributed by atoms with E-state index in [0.717, 1.165) is 29.0 Å². The number of fused-ring (bicyclic) bond motifs is 1. The quantitative estimate of drug-likeness (QED) is 0.673. The van der Waals surface area contributed by atoms with E-state index >= 15 is 0 Å². The summed E-state index contributed by atoms with van der Waals surface area (Å²) < 4.78 is 7.71. The van der Waals surface area contributed by atoms with Crippen LogP contribution in [0.5, 0.6) is 5.75 Å². The van der Waals surface area contributed by atoms with Crippen LogP contribution in [0.25, 0.3) is 11.0 Å². The highest BCUT2D eigenvalue weighted by Gasteiger charge is 2.20. The zero-order chi connectivity index (χ0) is 15.6. The first-order valence-electron chi connectivity index (χ1n) is 7.64. The highest BCUT2D eigenvalue weighted by molar-refractivity contribution is 6.20. The third kappa shape index (κ3) is 3.34. The molecule has 21 heavy (non-hydrogen) atoms. The maximum absolute atomic E-state index is 6.36. The lowest BCUT2D eigenvalue weighted by molar-refractivity contribution is 0.419. The van der Waals surface area contributed by atoms with Gasteiger partial charge in [-0.2, -0.15) is 0 Å². The molecule has 0 N–H and O–H groups in total. The number of hydrogen-bond donors (Lipinski definition) is 0. The highest BCUT2D eigenvalue weighted by atomic mass is 35.5. The predicted molar refractivity (Wildman–Crippen MR) is 89.3 cm³/mol. The zero-order valence-electron chi connectivity index (χ0n) is 13.6. The monoisotopic (exact) mass is 308 g/mol. The summed E-state index contributed by atoms with van der Waals surface area (Å²) in [5, 5.41) is -0.122. The summed E-state index contributed by atoms with van der Waals surface area (Å²) in [6.07, 6.45) is 2.32. The molecule has 0 saturated carbocycles. The fraction of sp³-hybridized carbons (Fsp3) is 0.588. The Labute approximate surface area is 132 Å². The van der Waals surface area contributed by atoms with Gasteiger partial charge in [0.1, 0.15) is 17.1 Å². The van der Waals surface area contributed by atoms with Crippen molar-refractivity contribution in [2.75, 3.05) is 7.11 Å². The summed E-state index contributed by atoms with van der Waals surface area (Å²) in [5.74, 6) is 2.43. The molecule has 0 aliphatic carbocycles. The van der Waals surface area contributed by atoms with Crippen molar-refractivity contribution in [3.8, 4) is 5.75 Å². The maximum atomic E-state index is 6.36. The third-order valence-electron chi connectivity index (χ3n) is 3.89. The van der Waals surface area contributed by atoms with Gasteiger partial charge in [-0.15, -0.1) is 11.6 Å². The number of aromatic nitrogens is 2. The predicted octanol–water partition coefficient (Wildman–Crippen LogP) is 5.34. The Morgan fingerprint density at radius 1 is 1.19 bits per heavy atom. The molecule has 0 aliphatic heterocycles. The van der Waals surface area contributed by atoms with Crippen LogP contribution in [0.15, 0.2) is 18.2 Å². The van der Waals surface area contributed by atoms with E-state index in [9.17, 15) is 0 Å². The lowest BCUT2D eigenvalue weighted by Gasteiger charge is -2.19. The molecule has 116 valence electrons. The number of rotatable bonds is 6. The second kappa shape index (κ2) is 6.69. The molecule has 0 fully saturated rings. The summed E-state index contributed by atoms with van der Waals surface area (Å²) in [6.45, 7) is 8.73. The Morgan fingerprint density at radius 3 is 2.48 bits per heavy atom. The van der Waals surface area contributed by atoms with Gasteiger partial charge in [-0.1, -0.05) is 19.9 Å². The molecule has 2 aromatic rings. The van der Waals surface area contributed by atoms with Crippen LogP contribution in [0.3, 0.4) is 0 Å². The second-order valence-corrected chi connectivity index (χ2v) is 6.76. The molecule has 0 aliphatic rings. The number of para-hydroxylation sites is 1. The first-order valence-corrected chi connectivity index (χ1v) is 8.08. The van der Waals surface area contributed by atoms with Crippen molar-refractivity contribution in [2.45, 2.75) is 52.0 Å². The second-order valence-electron chi connectivity index (χ2n) is 6.10. The van der Waals surface area contributed by atoms with E-state index in [0.29, 0.717) is 12.0 Å². The number of imidazole rings is 1. The minimum absolute atomic E-state index is 0.122. The largest absolute Gasteiger partial charge is 0.494 e. The molecule has 2 unspecified atom stereocenters. The highest BCUT2D eigenvalue weighted by Crippen LogP contribution is 2.33. The van der Waals surface area contributed by atoms with E-state index < -0.39 is 0 Å². The van der Waals surface area contributed by atoms with Crippen LogP contribution in [0.4, 0.5) is 0 Å². The van der Waals surface area contributed by atoms with Gasteiger partial charge in [-0.05, 0) is 44.7 Å². The van der Waals surface area contributed by atoms with Crippen LogP contribution in [-0.4, -0.2) is 16.7 Å². The minimum atomic E-state index is -0.122. The Kier molecular flexibility index (Phi) is 5.15. The number of methoxy groups -OCH3 is 1. The van der Waals surface area contributed by atoms with Crippen molar-refractivity contribution in [3.63, 3.8) is 0 Å². The van der Waals surface area contributed by atoms with E-state index in [4.69, 9.17) is 21.3 Å². The van der Waals surface area contributed by atoms with Gasteiger partial charge < -0.3 is 9.30 Å². The van der Waals surface area contributed by atoms with Crippen LogP contribution in [0.1, 0.15) is 57.8 Å². The van der Waals surface area contributed by atoms with E-state index in [1.54, 1.807) is 7.11 Å². The van der Waals surface area contributed by atoms with Crippen molar-refractivity contribution in [1.29, 1.82) is 0 Å². The molecule has 4 heteroatoms. The minimum Gasteiger partial charge on any atom is -0.494 e. The van der Waals surface area contributed by atoms with E-state index in [1.807, 2.05) is 19.1 Å². The van der Waals surface area contributed by atoms with Crippen LogP contribution >= 0.6 is 11.6 Å². The number of nitrogens with zero attached hydrogens (tertiary/aromatic N) is 2. The Bertz CT molecular complexity index is 604. The molecule has 3 nitrogen and oxygen atoms in total. The van der Waals surface area contributed by atoms with Gasteiger partial charge in [0.2, 0.25) is 0 Å². The standard InChI is InChI=1S/C17H25ClN2O/c1-11(2)9-10-12(3)20-14-7-6-8-15(21-5)16(14)19-17(20)13(4)18/h6-8,11-13H,9-10H2,1-5H3. The van der Waals surface area contributed by atoms with E-state index in [1.165, 1.54) is 6.42 Å². The molecule has 1 aromatic carbocycles. The molecule has 0 spiro atoms. The molecular formula is C17H25ClN2O. The number of ether oxygens (including phenoxy) is 1. The van der Waals surface area contributed by atoms with Gasteiger partial charge in [-0.3, -0.25) is 0 Å². The van der Waals surface area contributed by atoms with Crippen LogP contribution in [-0.2, 0) is 0 Å². The summed E-state index contributed by atoms with van der Waals surface area (Å²) >= 11 is 6.36. The molecule has 0 saturated heterocycles. The summed E-state index contributed by atoms with van der Waals surface area (Å²) in [4.78, 5) is 4.74. The average Bonchev–Trinajstić information content (AvgIpc) is 2.84. The van der Waals surface area contributed by atoms with E-state index in [2.05, 4.69) is 31.4 Å². The normalized spacial score (nSPS) is 14.6. The Morgan fingerprint density at radius 2 is 1.90 bits per heavy atom. The van der Waals surface area contributed by atoms with Crippen molar-refractivity contribution >= 4 is 22.6 Å². The fourth-order valence-corrected chi connectivity index (χ4v) is 2.88. The summed E-state index contributed by atoms with van der Waals surface area (Å²) in [7, 11) is 1.68. The molecular weight excluding hydrogens is 284 g/mol. The molecule has 0 bridgehead atoms. The van der Waals surface area contributed by atoms with Crippen molar-refractivity contribution in [1.82, 2.24) is 9.55 Å². The van der Waals surface area contributed by atoms with Gasteiger partial charge in [0, 0.05) is 6.04 Å². The molecule has 2 atom stereocenters. The summed E-state index contributed by atoms with van der Waals surface area (Å²) in [6, 6.07) is 6.43. The van der Waals surface area contributed by atoms with Crippen LogP contribution in [0, 0.1) is 5.92 Å². The molecule has 1 aromatic heterocycles. The lowest BCUT2D eigenvalue weighted by Crippen LogP contribution is -2.10. The maximum Gasteiger partial charge on any atom is 0.146 e. The molecule has 1 heterocycles. The SMILES string of the molecule is COc1cccc2c1nc(C(C)Cl)n2C(C)CCC(C)C. The van der Waals surface area contributed by atoms with Gasteiger partial charge in [0.15, 0.2) is 0 Å². The number of hydrogen-bond acceptors (Lipinski definition) is 2. The number of alkyl halides is 1. The van der Waals surface area contributed by atoms with Crippen LogP contribution in [0.2, 0.25) is 0 Å². The zero-order valence-corrected chi connectivity index (χ0v) is 14.3. The topological polar surface area (TPSA) is 27.1 Å². The first-order chi connectivity index (χ1) is 9.95. The van der Waals surface area contributed by atoms with Gasteiger partial charge in [0.25, 0.3) is 0 Å². The lowest BCUT2D eigenvalue weighted by atomic mass is 10.0. The number of benzene rings is 1. The van der Waals surface area contributed by atoms with Crippen molar-refractivity contribution in [2.24, 2.45) is 5.92 Å². The van der Waals surface area contributed by atoms with Gasteiger partial charge in [0.05, 0.1) is 18.0 Å². The summed E-state index contributed by atoms with van der Waals surface area (Å²) in [5.41, 5.74) is 2.01. The van der Waals surface area contributed by atoms with Crippen LogP contribution < -0.4 is 4.74 Å². The number of halogens is 1. The first kappa shape index (κ1) is 16.2. The van der Waals surface area contributed by atoms with E-state index in [-0.39, 0.29) is 5.38 Å². The van der Waals surface area contributed by atoms with Gasteiger partial charge >= 0.3 is 0 Å². The van der Waals surface area contributed by atoms with Crippen molar-refractivity contribution < 1.29 is 4.74 Å². The molecule has 2 rings (SSSR count). The van der Waals surface area contributed by atoms with Crippen molar-refractivity contribution in [3.05, 3.63) is 24.0 Å². The molecule has 0 amide bonds. The third-order valence-corrected chi connectivity index (χ3v) is 4.08. The average molecular weight is 309 g/mol.